The number of carbonyl (C=O) groups is 2. The Bertz CT molecular complexity index is 1370. The minimum atomic E-state index is -4.17. The number of aliphatic imine (C=N–C) groups is 1. The number of nitrogens with zero attached hydrogens (tertiary/aromatic N) is 1. The second kappa shape index (κ2) is 9.13. The molecule has 3 aromatic carbocycles. The molecule has 0 saturated heterocycles. The van der Waals surface area contributed by atoms with E-state index in [9.17, 15) is 23.1 Å². The van der Waals surface area contributed by atoms with E-state index in [-0.39, 0.29) is 26.7 Å². The van der Waals surface area contributed by atoms with Crippen molar-refractivity contribution in [3.63, 3.8) is 0 Å². The summed E-state index contributed by atoms with van der Waals surface area (Å²) in [5.74, 6) is -2.67. The third-order valence-electron chi connectivity index (χ3n) is 5.07. The van der Waals surface area contributed by atoms with Gasteiger partial charge in [-0.1, -0.05) is 54.6 Å². The number of para-hydroxylation sites is 1. The van der Waals surface area contributed by atoms with Crippen LogP contribution in [0.25, 0.3) is 0 Å². The molecule has 0 fully saturated rings. The molecular weight excluding hydrogens is 444 g/mol. The molecule has 9 nitrogen and oxygen atoms in total. The number of nitrogens with two attached hydrogens (primary N) is 3. The Morgan fingerprint density at radius 2 is 1.55 bits per heavy atom. The number of carbonyl (C=O) groups excluding carboxylic acids is 1. The number of hydrogen-bond acceptors (Lipinski definition) is 6. The molecule has 0 heterocycles. The van der Waals surface area contributed by atoms with Gasteiger partial charge in [0.05, 0.1) is 27.1 Å². The zero-order valence-corrected chi connectivity index (χ0v) is 18.4. The number of aliphatic carboxylic acids is 1. The molecule has 1 atom stereocenters. The van der Waals surface area contributed by atoms with Crippen LogP contribution in [0.4, 0.5) is 16.2 Å². The van der Waals surface area contributed by atoms with Gasteiger partial charge in [0.1, 0.15) is 5.71 Å². The Kier molecular flexibility index (Phi) is 6.50. The van der Waals surface area contributed by atoms with Gasteiger partial charge in [-0.3, -0.25) is 0 Å². The first-order valence-electron chi connectivity index (χ1n) is 9.70. The molecular formula is C23H22N4O5S. The molecule has 33 heavy (non-hydrogen) atoms. The molecule has 0 aliphatic rings. The fourth-order valence-corrected chi connectivity index (χ4v) is 5.41. The van der Waals surface area contributed by atoms with E-state index in [1.807, 2.05) is 0 Å². The van der Waals surface area contributed by atoms with Crippen LogP contribution in [0, 0.1) is 6.92 Å². The molecule has 0 saturated carbocycles. The fourth-order valence-electron chi connectivity index (χ4n) is 3.65. The monoisotopic (exact) mass is 466 g/mol. The Morgan fingerprint density at radius 1 is 0.939 bits per heavy atom. The Hall–Kier alpha value is -4.18. The van der Waals surface area contributed by atoms with Crippen LogP contribution in [-0.4, -0.2) is 31.2 Å². The van der Waals surface area contributed by atoms with Gasteiger partial charge in [0.2, 0.25) is 9.84 Å². The van der Waals surface area contributed by atoms with Crippen molar-refractivity contribution < 1.29 is 23.1 Å². The minimum absolute atomic E-state index is 0.0443. The number of carboxylic acids is 1. The van der Waals surface area contributed by atoms with Crippen LogP contribution < -0.4 is 17.2 Å². The number of amides is 2. The molecule has 3 rings (SSSR count). The van der Waals surface area contributed by atoms with Crippen molar-refractivity contribution in [3.05, 3.63) is 83.4 Å². The van der Waals surface area contributed by atoms with E-state index in [4.69, 9.17) is 17.2 Å². The zero-order chi connectivity index (χ0) is 24.3. The summed E-state index contributed by atoms with van der Waals surface area (Å²) < 4.78 is 27.0. The molecule has 0 aliphatic carbocycles. The van der Waals surface area contributed by atoms with Crippen molar-refractivity contribution >= 4 is 38.9 Å². The van der Waals surface area contributed by atoms with Gasteiger partial charge in [0.15, 0.2) is 0 Å². The van der Waals surface area contributed by atoms with Crippen molar-refractivity contribution in [2.24, 2.45) is 10.7 Å². The van der Waals surface area contributed by atoms with E-state index in [0.717, 1.165) is 0 Å². The Morgan fingerprint density at radius 3 is 2.12 bits per heavy atom. The highest BCUT2D eigenvalue weighted by Crippen LogP contribution is 2.39. The van der Waals surface area contributed by atoms with Gasteiger partial charge < -0.3 is 22.3 Å². The van der Waals surface area contributed by atoms with Crippen LogP contribution in [0.2, 0.25) is 0 Å². The average Bonchev–Trinajstić information content (AvgIpc) is 2.75. The van der Waals surface area contributed by atoms with Gasteiger partial charge in [-0.25, -0.2) is 18.0 Å². The predicted molar refractivity (Wildman–Crippen MR) is 125 cm³/mol. The summed E-state index contributed by atoms with van der Waals surface area (Å²) >= 11 is 0. The molecule has 0 aromatic heterocycles. The standard InChI is InChI=1S/C23H22N4O5S/c1-13-11-12-15(19(25)21(13)33(31,32)17-10-6-5-9-16(17)24)18(14-7-3-2-4-8-14)20(22(28)29)27-23(26)30/h2-12,18H,24-25H2,1H3,(H2,26,30)(H,28,29). The van der Waals surface area contributed by atoms with Gasteiger partial charge in [0.25, 0.3) is 0 Å². The summed E-state index contributed by atoms with van der Waals surface area (Å²) in [6.07, 6.45) is 0. The van der Waals surface area contributed by atoms with Crippen LogP contribution in [0.1, 0.15) is 22.6 Å². The average molecular weight is 467 g/mol. The smallest absolute Gasteiger partial charge is 0.351 e. The lowest BCUT2D eigenvalue weighted by Gasteiger charge is -2.22. The topological polar surface area (TPSA) is 179 Å². The number of benzene rings is 3. The Labute approximate surface area is 190 Å². The van der Waals surface area contributed by atoms with E-state index in [1.165, 1.54) is 30.3 Å². The molecule has 0 spiro atoms. The summed E-state index contributed by atoms with van der Waals surface area (Å²) in [7, 11) is -4.17. The summed E-state index contributed by atoms with van der Waals surface area (Å²) in [5, 5.41) is 9.79. The first-order valence-corrected chi connectivity index (χ1v) is 11.2. The molecule has 0 bridgehead atoms. The second-order valence-electron chi connectivity index (χ2n) is 7.24. The molecule has 170 valence electrons. The highest BCUT2D eigenvalue weighted by atomic mass is 32.2. The number of hydrogen-bond donors (Lipinski definition) is 4. The van der Waals surface area contributed by atoms with Crippen LogP contribution in [0.15, 0.2) is 81.5 Å². The second-order valence-corrected chi connectivity index (χ2v) is 9.09. The lowest BCUT2D eigenvalue weighted by molar-refractivity contribution is -0.129. The number of urea groups is 1. The SMILES string of the molecule is Cc1ccc(C(C(=NC(N)=O)C(=O)O)c2ccccc2)c(N)c1S(=O)(=O)c1ccccc1N. The molecule has 1 unspecified atom stereocenters. The number of carboxylic acid groups (broad SMARTS) is 1. The first-order chi connectivity index (χ1) is 15.6. The van der Waals surface area contributed by atoms with Crippen molar-refractivity contribution in [2.75, 3.05) is 11.5 Å². The van der Waals surface area contributed by atoms with Crippen LogP contribution in [0.5, 0.6) is 0 Å². The van der Waals surface area contributed by atoms with E-state index < -0.39 is 33.5 Å². The third-order valence-corrected chi connectivity index (χ3v) is 7.10. The number of primary amides is 1. The molecule has 2 amide bonds. The van der Waals surface area contributed by atoms with Crippen molar-refractivity contribution in [1.29, 1.82) is 0 Å². The third kappa shape index (κ3) is 4.55. The number of anilines is 2. The maximum Gasteiger partial charge on any atom is 0.351 e. The zero-order valence-electron chi connectivity index (χ0n) is 17.6. The van der Waals surface area contributed by atoms with Gasteiger partial charge in [-0.05, 0) is 35.7 Å². The van der Waals surface area contributed by atoms with Gasteiger partial charge in [0, 0.05) is 0 Å². The summed E-state index contributed by atoms with van der Waals surface area (Å²) in [6, 6.07) is 16.1. The Balaban J connectivity index is 2.36. The highest BCUT2D eigenvalue weighted by molar-refractivity contribution is 7.91. The van der Waals surface area contributed by atoms with E-state index in [2.05, 4.69) is 4.99 Å². The first kappa shape index (κ1) is 23.5. The molecule has 0 radical (unpaired) electrons. The molecule has 10 heteroatoms. The van der Waals surface area contributed by atoms with E-state index in [1.54, 1.807) is 43.3 Å². The number of nitrogen functional groups attached to an aromatic ring is 2. The van der Waals surface area contributed by atoms with Gasteiger partial charge in [-0.15, -0.1) is 0 Å². The van der Waals surface area contributed by atoms with E-state index >= 15 is 0 Å². The molecule has 3 aromatic rings. The normalized spacial score (nSPS) is 12.8. The van der Waals surface area contributed by atoms with Gasteiger partial charge in [-0.2, -0.15) is 4.99 Å². The van der Waals surface area contributed by atoms with Crippen LogP contribution in [-0.2, 0) is 14.6 Å². The maximum absolute atomic E-state index is 13.5. The maximum atomic E-state index is 13.5. The summed E-state index contributed by atoms with van der Waals surface area (Å²) in [6.45, 7) is 1.57. The van der Waals surface area contributed by atoms with Gasteiger partial charge >= 0.3 is 12.0 Å². The van der Waals surface area contributed by atoms with E-state index in [0.29, 0.717) is 11.1 Å². The lowest BCUT2D eigenvalue weighted by Crippen LogP contribution is -2.27. The van der Waals surface area contributed by atoms with Crippen molar-refractivity contribution in [3.8, 4) is 0 Å². The van der Waals surface area contributed by atoms with Crippen molar-refractivity contribution in [1.82, 2.24) is 0 Å². The van der Waals surface area contributed by atoms with Crippen LogP contribution >= 0.6 is 0 Å². The molecule has 0 aliphatic heterocycles. The van der Waals surface area contributed by atoms with Crippen LogP contribution in [0.3, 0.4) is 0 Å². The number of sulfone groups is 1. The predicted octanol–water partition coefficient (Wildman–Crippen LogP) is 2.73. The van der Waals surface area contributed by atoms with Crippen molar-refractivity contribution in [2.45, 2.75) is 22.6 Å². The summed E-state index contributed by atoms with van der Waals surface area (Å²) in [4.78, 5) is 26.7. The fraction of sp³-hybridized carbons (Fsp3) is 0.0870. The minimum Gasteiger partial charge on any atom is -0.477 e. The lowest BCUT2D eigenvalue weighted by atomic mass is 9.85. The number of rotatable bonds is 6. The highest BCUT2D eigenvalue weighted by Gasteiger charge is 2.33. The quantitative estimate of drug-likeness (QED) is 0.318. The summed E-state index contributed by atoms with van der Waals surface area (Å²) in [5.41, 5.74) is 17.6. The largest absolute Gasteiger partial charge is 0.477 e. The number of aryl methyl sites for hydroxylation is 1. The molecule has 7 N–H and O–H groups in total.